The van der Waals surface area contributed by atoms with Gasteiger partial charge in [-0.25, -0.2) is 4.68 Å². The molecule has 0 spiro atoms. The van der Waals surface area contributed by atoms with Gasteiger partial charge in [-0.2, -0.15) is 0 Å². The van der Waals surface area contributed by atoms with Crippen molar-refractivity contribution in [2.24, 2.45) is 0 Å². The summed E-state index contributed by atoms with van der Waals surface area (Å²) in [6.45, 7) is 0.456. The van der Waals surface area contributed by atoms with Gasteiger partial charge >= 0.3 is 5.88 Å². The smallest absolute Gasteiger partial charge is 0.397 e. The maximum atomic E-state index is 10.6. The van der Waals surface area contributed by atoms with Crippen molar-refractivity contribution in [2.75, 3.05) is 0 Å². The number of hydrogen-bond donors (Lipinski definition) is 0. The minimum atomic E-state index is -0.602. The Morgan fingerprint density at radius 3 is 2.70 bits per heavy atom. The van der Waals surface area contributed by atoms with Gasteiger partial charge in [0.15, 0.2) is 5.76 Å². The van der Waals surface area contributed by atoms with E-state index in [1.807, 2.05) is 30.3 Å². The van der Waals surface area contributed by atoms with Crippen LogP contribution in [-0.2, 0) is 6.54 Å². The summed E-state index contributed by atoms with van der Waals surface area (Å²) in [6.07, 6.45) is 0. The lowest BCUT2D eigenvalue weighted by atomic mass is 10.2. The molecule has 0 fully saturated rings. The molecule has 0 aliphatic heterocycles. The fraction of sp³-hybridized carbons (Fsp3) is 0.0833. The van der Waals surface area contributed by atoms with Gasteiger partial charge in [0.25, 0.3) is 0 Å². The molecule has 3 rings (SSSR count). The van der Waals surface area contributed by atoms with E-state index in [2.05, 4.69) is 15.5 Å². The molecule has 8 nitrogen and oxygen atoms in total. The van der Waals surface area contributed by atoms with Crippen molar-refractivity contribution in [1.29, 1.82) is 0 Å². The lowest BCUT2D eigenvalue weighted by Crippen LogP contribution is -2.03. The van der Waals surface area contributed by atoms with Crippen LogP contribution in [0.2, 0.25) is 0 Å². The second kappa shape index (κ2) is 4.92. The number of furan rings is 1. The molecule has 100 valence electrons. The third-order valence-corrected chi connectivity index (χ3v) is 2.70. The van der Waals surface area contributed by atoms with Gasteiger partial charge in [0.1, 0.15) is 4.92 Å². The molecular weight excluding hydrogens is 262 g/mol. The van der Waals surface area contributed by atoms with E-state index in [4.69, 9.17) is 4.42 Å². The van der Waals surface area contributed by atoms with Crippen LogP contribution in [0.15, 0.2) is 46.9 Å². The van der Waals surface area contributed by atoms with E-state index in [-0.39, 0.29) is 11.6 Å². The average molecular weight is 271 g/mol. The fourth-order valence-corrected chi connectivity index (χ4v) is 1.79. The van der Waals surface area contributed by atoms with Crippen LogP contribution >= 0.6 is 0 Å². The van der Waals surface area contributed by atoms with E-state index < -0.39 is 4.92 Å². The van der Waals surface area contributed by atoms with Gasteiger partial charge in [0.05, 0.1) is 12.6 Å². The van der Waals surface area contributed by atoms with E-state index in [9.17, 15) is 10.1 Å². The highest BCUT2D eigenvalue weighted by Crippen LogP contribution is 2.24. The van der Waals surface area contributed by atoms with E-state index in [1.165, 1.54) is 16.8 Å². The highest BCUT2D eigenvalue weighted by Gasteiger charge is 2.18. The topological polar surface area (TPSA) is 99.9 Å². The zero-order chi connectivity index (χ0) is 13.9. The standard InChI is InChI=1S/C12H9N5O3/c18-17(19)11-7-6-10(20-11)12-13-14-15-16(12)8-9-4-2-1-3-5-9/h1-7H,8H2. The molecule has 3 aromatic rings. The van der Waals surface area contributed by atoms with Crippen LogP contribution in [0.4, 0.5) is 5.88 Å². The SMILES string of the molecule is O=[N+]([O-])c1ccc(-c2nnnn2Cc2ccccc2)o1. The Morgan fingerprint density at radius 2 is 2.00 bits per heavy atom. The van der Waals surface area contributed by atoms with Crippen molar-refractivity contribution < 1.29 is 9.34 Å². The van der Waals surface area contributed by atoms with Gasteiger partial charge in [-0.05, 0) is 22.1 Å². The number of hydrogen-bond acceptors (Lipinski definition) is 6. The molecule has 0 aliphatic carbocycles. The first-order chi connectivity index (χ1) is 9.74. The molecule has 0 unspecified atom stereocenters. The molecule has 1 aromatic carbocycles. The largest absolute Gasteiger partial charge is 0.433 e. The zero-order valence-electron chi connectivity index (χ0n) is 10.2. The second-order valence-corrected chi connectivity index (χ2v) is 4.04. The third-order valence-electron chi connectivity index (χ3n) is 2.70. The number of nitro groups is 1. The van der Waals surface area contributed by atoms with Crippen LogP contribution in [0.5, 0.6) is 0 Å². The van der Waals surface area contributed by atoms with E-state index >= 15 is 0 Å². The third kappa shape index (κ3) is 2.26. The lowest BCUT2D eigenvalue weighted by Gasteiger charge is -2.02. The summed E-state index contributed by atoms with van der Waals surface area (Å²) in [5.41, 5.74) is 1.02. The highest BCUT2D eigenvalue weighted by atomic mass is 16.6. The highest BCUT2D eigenvalue weighted by molar-refractivity contribution is 5.48. The quantitative estimate of drug-likeness (QED) is 0.530. The number of nitrogens with zero attached hydrogens (tertiary/aromatic N) is 5. The summed E-state index contributed by atoms with van der Waals surface area (Å²) in [5, 5.41) is 21.9. The fourth-order valence-electron chi connectivity index (χ4n) is 1.79. The summed E-state index contributed by atoms with van der Waals surface area (Å²) in [4.78, 5) is 10.0. The normalized spacial score (nSPS) is 10.6. The molecule has 0 radical (unpaired) electrons. The Labute approximate surface area is 112 Å². The number of aromatic nitrogens is 4. The number of benzene rings is 1. The van der Waals surface area contributed by atoms with Crippen molar-refractivity contribution in [3.8, 4) is 11.6 Å². The molecule has 0 N–H and O–H groups in total. The van der Waals surface area contributed by atoms with Gasteiger partial charge < -0.3 is 4.42 Å². The zero-order valence-corrected chi connectivity index (χ0v) is 10.2. The van der Waals surface area contributed by atoms with Crippen molar-refractivity contribution in [2.45, 2.75) is 6.54 Å². The first kappa shape index (κ1) is 12.0. The molecule has 0 amide bonds. The molecule has 0 saturated heterocycles. The average Bonchev–Trinajstić information content (AvgIpc) is 3.08. The van der Waals surface area contributed by atoms with Crippen molar-refractivity contribution in [1.82, 2.24) is 20.2 Å². The summed E-state index contributed by atoms with van der Waals surface area (Å²) < 4.78 is 6.63. The summed E-state index contributed by atoms with van der Waals surface area (Å²) in [5.74, 6) is 0.272. The van der Waals surface area contributed by atoms with Crippen LogP contribution in [0, 0.1) is 10.1 Å². The van der Waals surface area contributed by atoms with Crippen LogP contribution in [0.1, 0.15) is 5.56 Å². The Hall–Kier alpha value is -3.03. The number of rotatable bonds is 4. The van der Waals surface area contributed by atoms with Crippen molar-refractivity contribution >= 4 is 5.88 Å². The van der Waals surface area contributed by atoms with E-state index in [1.54, 1.807) is 0 Å². The minimum Gasteiger partial charge on any atom is -0.397 e. The predicted molar refractivity (Wildman–Crippen MR) is 67.7 cm³/mol. The maximum absolute atomic E-state index is 10.6. The number of tetrazole rings is 1. The minimum absolute atomic E-state index is 0.262. The van der Waals surface area contributed by atoms with Crippen LogP contribution in [-0.4, -0.2) is 25.1 Å². The molecule has 20 heavy (non-hydrogen) atoms. The van der Waals surface area contributed by atoms with Crippen LogP contribution in [0.3, 0.4) is 0 Å². The molecule has 2 heterocycles. The van der Waals surface area contributed by atoms with Gasteiger partial charge in [0, 0.05) is 0 Å². The van der Waals surface area contributed by atoms with Gasteiger partial charge in [0.2, 0.25) is 5.82 Å². The van der Waals surface area contributed by atoms with Crippen molar-refractivity contribution in [3.63, 3.8) is 0 Å². The molecule has 0 aliphatic rings. The van der Waals surface area contributed by atoms with Crippen LogP contribution in [0.25, 0.3) is 11.6 Å². The monoisotopic (exact) mass is 271 g/mol. The molecule has 0 atom stereocenters. The summed E-state index contributed by atoms with van der Waals surface area (Å²) in [6, 6.07) is 12.4. The Kier molecular flexibility index (Phi) is 2.96. The second-order valence-electron chi connectivity index (χ2n) is 4.04. The van der Waals surface area contributed by atoms with Gasteiger partial charge in [-0.1, -0.05) is 30.3 Å². The molecule has 0 saturated carbocycles. The van der Waals surface area contributed by atoms with E-state index in [0.29, 0.717) is 12.4 Å². The maximum Gasteiger partial charge on any atom is 0.433 e. The van der Waals surface area contributed by atoms with Gasteiger partial charge in [-0.3, -0.25) is 10.1 Å². The first-order valence-corrected chi connectivity index (χ1v) is 5.79. The molecule has 2 aromatic heterocycles. The first-order valence-electron chi connectivity index (χ1n) is 5.79. The van der Waals surface area contributed by atoms with E-state index in [0.717, 1.165) is 5.56 Å². The van der Waals surface area contributed by atoms with Crippen molar-refractivity contribution in [3.05, 3.63) is 58.1 Å². The Bertz CT molecular complexity index is 734. The van der Waals surface area contributed by atoms with Crippen LogP contribution < -0.4 is 0 Å². The molecule has 0 bridgehead atoms. The Balaban J connectivity index is 1.91. The lowest BCUT2D eigenvalue weighted by molar-refractivity contribution is -0.401. The predicted octanol–water partition coefficient (Wildman–Crippen LogP) is 1.89. The summed E-state index contributed by atoms with van der Waals surface area (Å²) in [7, 11) is 0. The Morgan fingerprint density at radius 1 is 1.20 bits per heavy atom. The van der Waals surface area contributed by atoms with Gasteiger partial charge in [-0.15, -0.1) is 5.10 Å². The molecular formula is C12H9N5O3. The summed E-state index contributed by atoms with van der Waals surface area (Å²) >= 11 is 0. The molecule has 8 heteroatoms.